The molecule has 3 amide bonds. The van der Waals surface area contributed by atoms with Crippen LogP contribution < -0.4 is 5.32 Å². The second-order valence-corrected chi connectivity index (χ2v) is 18.3. The molecule has 0 radical (unpaired) electrons. The number of rotatable bonds is 35. The number of ether oxygens (including phenoxy) is 1. The van der Waals surface area contributed by atoms with E-state index in [4.69, 9.17) is 4.74 Å². The van der Waals surface area contributed by atoms with Gasteiger partial charge in [0, 0.05) is 31.5 Å². The number of methoxy groups -OCH3 is 1. The molecule has 360 valence electrons. The molecule has 0 fully saturated rings. The number of aliphatic hydroxyl groups is 9. The van der Waals surface area contributed by atoms with E-state index in [1.807, 2.05) is 37.3 Å². The number of aliphatic hydroxyl groups excluding tert-OH is 9. The van der Waals surface area contributed by atoms with E-state index in [0.29, 0.717) is 30.9 Å². The molecule has 0 saturated heterocycles. The van der Waals surface area contributed by atoms with Gasteiger partial charge in [0.1, 0.15) is 11.8 Å². The van der Waals surface area contributed by atoms with Crippen molar-refractivity contribution in [1.29, 1.82) is 0 Å². The summed E-state index contributed by atoms with van der Waals surface area (Å²) >= 11 is 0. The van der Waals surface area contributed by atoms with Gasteiger partial charge >= 0.3 is 0 Å². The highest BCUT2D eigenvalue weighted by atomic mass is 16.5. The molecule has 0 spiro atoms. The van der Waals surface area contributed by atoms with Crippen LogP contribution in [0.2, 0.25) is 0 Å². The Labute approximate surface area is 374 Å². The minimum Gasteiger partial charge on any atom is -0.499 e. The van der Waals surface area contributed by atoms with Gasteiger partial charge in [-0.05, 0) is 82.1 Å². The van der Waals surface area contributed by atoms with Crippen molar-refractivity contribution in [3.63, 3.8) is 0 Å². The van der Waals surface area contributed by atoms with Crippen LogP contribution in [0.25, 0.3) is 0 Å². The lowest BCUT2D eigenvalue weighted by atomic mass is 9.92. The van der Waals surface area contributed by atoms with Crippen LogP contribution in [0.15, 0.2) is 53.8 Å². The van der Waals surface area contributed by atoms with Crippen molar-refractivity contribution in [3.05, 3.63) is 59.4 Å². The number of benzene rings is 1. The zero-order valence-corrected chi connectivity index (χ0v) is 38.1. The fourth-order valence-corrected chi connectivity index (χ4v) is 8.69. The molecule has 1 aliphatic heterocycles. The van der Waals surface area contributed by atoms with Gasteiger partial charge in [-0.3, -0.25) is 19.3 Å². The Balaban J connectivity index is 1.57. The maximum Gasteiger partial charge on any atom is 0.257 e. The van der Waals surface area contributed by atoms with Crippen molar-refractivity contribution in [2.75, 3.05) is 13.7 Å². The standard InChI is InChI=1S/C48H80N2O13/c1-32(17-34(3)19-47(61)50-45(46(63-4)29-48(50)62)20-35-15-11-8-12-16-35)13-9-6-5-7-10-14-33(2)18-36(52)21-37(53)22-38(54)23-39(55)24-40(56)25-41(57)26-42(58)27-43(59)28-44(60)30-49-31-51/h8,11-12,15-16,19,29,31-33,36-45,52-60H,5-7,9-10,13-14,17-18,20-28,30H2,1-4H3,(H,49,51)/b34-19-/t32?,33-,36+,37+,38+,39+,40+,41+,42+,43+,44-,45-/m0/s1. The molecule has 0 bridgehead atoms. The third kappa shape index (κ3) is 24.0. The lowest BCUT2D eigenvalue weighted by Crippen LogP contribution is -2.41. The molecule has 1 aliphatic rings. The molecule has 1 aromatic rings. The summed E-state index contributed by atoms with van der Waals surface area (Å²) in [5.74, 6) is 0.459. The first-order chi connectivity index (χ1) is 29.9. The van der Waals surface area contributed by atoms with E-state index >= 15 is 0 Å². The van der Waals surface area contributed by atoms with Gasteiger partial charge in [-0.2, -0.15) is 0 Å². The summed E-state index contributed by atoms with van der Waals surface area (Å²) in [6, 6.07) is 9.26. The summed E-state index contributed by atoms with van der Waals surface area (Å²) in [6.07, 6.45) is 2.57. The van der Waals surface area contributed by atoms with E-state index in [0.717, 1.165) is 62.5 Å². The summed E-state index contributed by atoms with van der Waals surface area (Å²) in [4.78, 5) is 37.7. The van der Waals surface area contributed by atoms with E-state index in [-0.39, 0.29) is 75.6 Å². The Morgan fingerprint density at radius 3 is 1.56 bits per heavy atom. The number of hydrogen-bond acceptors (Lipinski definition) is 13. The highest BCUT2D eigenvalue weighted by Crippen LogP contribution is 2.27. The minimum absolute atomic E-state index is 0.0412. The van der Waals surface area contributed by atoms with E-state index in [9.17, 15) is 60.3 Å². The first kappa shape index (κ1) is 55.9. The van der Waals surface area contributed by atoms with Crippen molar-refractivity contribution in [2.45, 2.75) is 197 Å². The molecule has 0 aliphatic carbocycles. The molecule has 15 nitrogen and oxygen atoms in total. The Morgan fingerprint density at radius 2 is 1.10 bits per heavy atom. The van der Waals surface area contributed by atoms with Gasteiger partial charge in [0.05, 0.1) is 62.0 Å². The molecule has 10 N–H and O–H groups in total. The Morgan fingerprint density at radius 1 is 0.667 bits per heavy atom. The zero-order valence-electron chi connectivity index (χ0n) is 38.1. The highest BCUT2D eigenvalue weighted by Gasteiger charge is 2.37. The monoisotopic (exact) mass is 893 g/mol. The molecule has 63 heavy (non-hydrogen) atoms. The third-order valence-corrected chi connectivity index (χ3v) is 11.8. The molecule has 2 rings (SSSR count). The summed E-state index contributed by atoms with van der Waals surface area (Å²) < 4.78 is 5.46. The fourth-order valence-electron chi connectivity index (χ4n) is 8.69. The van der Waals surface area contributed by atoms with Crippen molar-refractivity contribution in [1.82, 2.24) is 10.2 Å². The Kier molecular flexibility index (Phi) is 27.3. The van der Waals surface area contributed by atoms with Gasteiger partial charge in [-0.15, -0.1) is 0 Å². The van der Waals surface area contributed by atoms with Gasteiger partial charge in [-0.25, -0.2) is 0 Å². The number of allylic oxidation sites excluding steroid dienone is 1. The Bertz CT molecular complexity index is 1500. The van der Waals surface area contributed by atoms with Gasteiger partial charge in [-0.1, -0.05) is 94.7 Å². The summed E-state index contributed by atoms with van der Waals surface area (Å²) in [6.45, 7) is 6.16. The second-order valence-electron chi connectivity index (χ2n) is 18.3. The van der Waals surface area contributed by atoms with Crippen LogP contribution >= 0.6 is 0 Å². The van der Waals surface area contributed by atoms with E-state index in [2.05, 4.69) is 19.2 Å². The van der Waals surface area contributed by atoms with Gasteiger partial charge < -0.3 is 56.0 Å². The maximum atomic E-state index is 13.3. The van der Waals surface area contributed by atoms with Crippen LogP contribution in [0.1, 0.15) is 135 Å². The normalized spacial score (nSPS) is 19.9. The number of nitrogens with one attached hydrogen (secondary N) is 1. The first-order valence-electron chi connectivity index (χ1n) is 23.0. The minimum atomic E-state index is -1.13. The van der Waals surface area contributed by atoms with Crippen LogP contribution in [0.3, 0.4) is 0 Å². The topological polar surface area (TPSA) is 258 Å². The third-order valence-electron chi connectivity index (χ3n) is 11.8. The lowest BCUT2D eigenvalue weighted by molar-refractivity contribution is -0.139. The molecule has 15 heteroatoms. The number of carbonyl (C=O) groups is 3. The highest BCUT2D eigenvalue weighted by molar-refractivity contribution is 6.08. The van der Waals surface area contributed by atoms with Crippen molar-refractivity contribution < 1.29 is 65.1 Å². The number of hydrogen-bond donors (Lipinski definition) is 10. The maximum absolute atomic E-state index is 13.3. The molecule has 12 atom stereocenters. The van der Waals surface area contributed by atoms with Gasteiger partial charge in [0.25, 0.3) is 11.8 Å². The van der Waals surface area contributed by atoms with Gasteiger partial charge in [0.2, 0.25) is 6.41 Å². The molecule has 0 aromatic heterocycles. The van der Waals surface area contributed by atoms with Crippen LogP contribution in [-0.4, -0.2) is 144 Å². The van der Waals surface area contributed by atoms with Crippen LogP contribution in [0, 0.1) is 11.8 Å². The average Bonchev–Trinajstić information content (AvgIpc) is 3.50. The number of nitrogens with zero attached hydrogens (tertiary/aromatic N) is 1. The molecule has 1 aromatic carbocycles. The Hall–Kier alpha value is -3.25. The zero-order chi connectivity index (χ0) is 46.9. The fraction of sp³-hybridized carbons (Fsp3) is 0.729. The predicted octanol–water partition coefficient (Wildman–Crippen LogP) is 3.34. The van der Waals surface area contributed by atoms with Gasteiger partial charge in [0.15, 0.2) is 0 Å². The largest absolute Gasteiger partial charge is 0.499 e. The molecule has 1 heterocycles. The molecule has 0 saturated carbocycles. The molecular weight excluding hydrogens is 813 g/mol. The number of unbranched alkanes of at least 4 members (excludes halogenated alkanes) is 4. The van der Waals surface area contributed by atoms with Crippen LogP contribution in [-0.2, 0) is 25.5 Å². The van der Waals surface area contributed by atoms with Crippen LogP contribution in [0.4, 0.5) is 0 Å². The summed E-state index contributed by atoms with van der Waals surface area (Å²) in [5.41, 5.74) is 1.96. The number of imide groups is 1. The van der Waals surface area contributed by atoms with E-state index < -0.39 is 61.0 Å². The lowest BCUT2D eigenvalue weighted by Gasteiger charge is -2.24. The van der Waals surface area contributed by atoms with E-state index in [1.165, 1.54) is 18.1 Å². The summed E-state index contributed by atoms with van der Waals surface area (Å²) in [5, 5.41) is 94.8. The number of amides is 3. The van der Waals surface area contributed by atoms with Crippen molar-refractivity contribution >= 4 is 18.2 Å². The van der Waals surface area contributed by atoms with Crippen molar-refractivity contribution in [2.24, 2.45) is 11.8 Å². The average molecular weight is 893 g/mol. The molecule has 1 unspecified atom stereocenters. The van der Waals surface area contributed by atoms with Crippen molar-refractivity contribution in [3.8, 4) is 0 Å². The quantitative estimate of drug-likeness (QED) is 0.0267. The predicted molar refractivity (Wildman–Crippen MR) is 240 cm³/mol. The van der Waals surface area contributed by atoms with Crippen LogP contribution in [0.5, 0.6) is 0 Å². The first-order valence-corrected chi connectivity index (χ1v) is 23.0. The number of carbonyl (C=O) groups excluding carboxylic acids is 3. The summed E-state index contributed by atoms with van der Waals surface area (Å²) in [7, 11) is 1.52. The smallest absolute Gasteiger partial charge is 0.257 e. The SMILES string of the molecule is COC1=CC(=O)N(C(=O)/C=C(/C)CC(C)CCCCCCC[C@H](C)C[C@@H](O)C[C@@H](O)C[C@@H](O)C[C@@H](O)C[C@@H](O)C[C@@H](O)C[C@@H](O)C[C@@H](O)C[C@H](O)CNC=O)[C@H]1Cc1ccccc1. The second kappa shape index (κ2) is 30.8. The van der Waals surface area contributed by atoms with E-state index in [1.54, 1.807) is 6.08 Å². The molecular formula is C48H80N2O13.